The normalized spacial score (nSPS) is 18.0. The van der Waals surface area contributed by atoms with Gasteiger partial charge < -0.3 is 20.3 Å². The zero-order valence-electron chi connectivity index (χ0n) is 16.3. The average Bonchev–Trinajstić information content (AvgIpc) is 2.55. The van der Waals surface area contributed by atoms with Crippen molar-refractivity contribution in [1.29, 1.82) is 0 Å². The first-order valence-corrected chi connectivity index (χ1v) is 9.33. The first-order chi connectivity index (χ1) is 11.5. The number of carbonyl (C=O) groups excluding carboxylic acids is 1. The summed E-state index contributed by atoms with van der Waals surface area (Å²) in [5, 5.41) is 6.46. The van der Waals surface area contributed by atoms with E-state index < -0.39 is 0 Å². The summed E-state index contributed by atoms with van der Waals surface area (Å²) in [6.45, 7) is 11.3. The Morgan fingerprint density at radius 1 is 1.32 bits per heavy atom. The molecule has 1 aliphatic heterocycles. The second kappa shape index (κ2) is 14.6. The molecule has 0 spiro atoms. The van der Waals surface area contributed by atoms with Crippen LogP contribution < -0.4 is 10.6 Å². The van der Waals surface area contributed by atoms with E-state index in [1.807, 2.05) is 4.90 Å². The summed E-state index contributed by atoms with van der Waals surface area (Å²) in [6.07, 6.45) is 3.82. The van der Waals surface area contributed by atoms with Crippen LogP contribution in [0.4, 0.5) is 0 Å². The van der Waals surface area contributed by atoms with Crippen LogP contribution in [-0.4, -0.2) is 63.2 Å². The number of nitrogens with one attached hydrogen (secondary N) is 2. The number of amides is 1. The topological polar surface area (TPSA) is 66.0 Å². The van der Waals surface area contributed by atoms with Crippen molar-refractivity contribution in [2.45, 2.75) is 46.5 Å². The number of ether oxygens (including phenoxy) is 1. The van der Waals surface area contributed by atoms with E-state index in [1.165, 1.54) is 6.42 Å². The Labute approximate surface area is 170 Å². The average molecular weight is 468 g/mol. The van der Waals surface area contributed by atoms with Gasteiger partial charge in [-0.05, 0) is 31.1 Å². The van der Waals surface area contributed by atoms with Crippen LogP contribution in [0.5, 0.6) is 0 Å². The summed E-state index contributed by atoms with van der Waals surface area (Å²) >= 11 is 0. The minimum absolute atomic E-state index is 0. The molecule has 6 nitrogen and oxygen atoms in total. The molecule has 1 atom stereocenters. The summed E-state index contributed by atoms with van der Waals surface area (Å²) < 4.78 is 5.55. The van der Waals surface area contributed by atoms with Crippen LogP contribution in [-0.2, 0) is 9.53 Å². The van der Waals surface area contributed by atoms with E-state index in [1.54, 1.807) is 7.05 Å². The van der Waals surface area contributed by atoms with E-state index in [9.17, 15) is 4.79 Å². The molecule has 0 aliphatic carbocycles. The van der Waals surface area contributed by atoms with Crippen molar-refractivity contribution < 1.29 is 9.53 Å². The van der Waals surface area contributed by atoms with Crippen LogP contribution in [0.2, 0.25) is 0 Å². The number of likely N-dealkylation sites (tertiary alicyclic amines) is 1. The third-order valence-electron chi connectivity index (χ3n) is 4.07. The van der Waals surface area contributed by atoms with E-state index in [-0.39, 0.29) is 29.9 Å². The Bertz CT molecular complexity index is 391. The summed E-state index contributed by atoms with van der Waals surface area (Å²) in [5.41, 5.74) is 0. The van der Waals surface area contributed by atoms with Gasteiger partial charge in [-0.3, -0.25) is 9.79 Å². The maximum Gasteiger partial charge on any atom is 0.224 e. The molecule has 1 rings (SSSR count). The van der Waals surface area contributed by atoms with Crippen molar-refractivity contribution in [3.63, 3.8) is 0 Å². The van der Waals surface area contributed by atoms with E-state index in [4.69, 9.17) is 4.74 Å². The van der Waals surface area contributed by atoms with Gasteiger partial charge in [-0.1, -0.05) is 20.8 Å². The molecule has 0 aromatic rings. The van der Waals surface area contributed by atoms with Gasteiger partial charge in [0.1, 0.15) is 0 Å². The predicted molar refractivity (Wildman–Crippen MR) is 115 cm³/mol. The number of nitrogens with zero attached hydrogens (tertiary/aromatic N) is 2. The fourth-order valence-corrected chi connectivity index (χ4v) is 2.78. The van der Waals surface area contributed by atoms with Gasteiger partial charge in [-0.25, -0.2) is 0 Å². The fraction of sp³-hybridized carbons (Fsp3) is 0.889. The minimum Gasteiger partial charge on any atom is -0.381 e. The number of halogens is 1. The molecule has 1 heterocycles. The van der Waals surface area contributed by atoms with Gasteiger partial charge in [0.15, 0.2) is 5.96 Å². The van der Waals surface area contributed by atoms with E-state index in [0.717, 1.165) is 51.6 Å². The zero-order chi connectivity index (χ0) is 17.8. The molecule has 7 heteroatoms. The van der Waals surface area contributed by atoms with E-state index in [2.05, 4.69) is 36.4 Å². The Balaban J connectivity index is 0.00000576. The lowest BCUT2D eigenvalue weighted by molar-refractivity contribution is -0.132. The number of guanidine groups is 1. The van der Waals surface area contributed by atoms with E-state index >= 15 is 0 Å². The molecule has 0 saturated carbocycles. The third-order valence-corrected chi connectivity index (χ3v) is 4.07. The lowest BCUT2D eigenvalue weighted by Gasteiger charge is -2.31. The molecule has 0 aromatic carbocycles. The number of hydrogen-bond acceptors (Lipinski definition) is 3. The number of carbonyl (C=O) groups is 1. The maximum absolute atomic E-state index is 12.2. The highest BCUT2D eigenvalue weighted by Gasteiger charge is 2.20. The first kappa shape index (κ1) is 24.4. The molecule has 1 saturated heterocycles. The smallest absolute Gasteiger partial charge is 0.224 e. The van der Waals surface area contributed by atoms with Crippen LogP contribution in [0.25, 0.3) is 0 Å². The van der Waals surface area contributed by atoms with Crippen molar-refractivity contribution in [2.24, 2.45) is 16.8 Å². The Kier molecular flexibility index (Phi) is 14.3. The molecule has 1 aliphatic rings. The standard InChI is InChI=1S/C18H36N4O2.HI/c1-15(2)14-24-12-6-9-20-18(19-4)21-10-8-17(23)22-11-5-7-16(3)13-22;/h15-16H,5-14H2,1-4H3,(H2,19,20,21);1H. The molecule has 1 unspecified atom stereocenters. The molecule has 0 bridgehead atoms. The molecule has 148 valence electrons. The maximum atomic E-state index is 12.2. The van der Waals surface area contributed by atoms with Crippen molar-refractivity contribution in [3.05, 3.63) is 0 Å². The van der Waals surface area contributed by atoms with Gasteiger partial charge in [0.2, 0.25) is 5.91 Å². The highest BCUT2D eigenvalue weighted by atomic mass is 127. The minimum atomic E-state index is 0. The Morgan fingerprint density at radius 2 is 2.04 bits per heavy atom. The van der Waals surface area contributed by atoms with Gasteiger partial charge in [-0.2, -0.15) is 0 Å². The van der Waals surface area contributed by atoms with Gasteiger partial charge in [-0.15, -0.1) is 24.0 Å². The Morgan fingerprint density at radius 3 is 2.68 bits per heavy atom. The quantitative estimate of drug-likeness (QED) is 0.236. The summed E-state index contributed by atoms with van der Waals surface area (Å²) in [6, 6.07) is 0. The molecule has 0 aromatic heterocycles. The van der Waals surface area contributed by atoms with Crippen LogP contribution >= 0.6 is 24.0 Å². The van der Waals surface area contributed by atoms with Crippen molar-refractivity contribution in [1.82, 2.24) is 15.5 Å². The summed E-state index contributed by atoms with van der Waals surface area (Å²) in [5.74, 6) is 2.20. The second-order valence-corrected chi connectivity index (χ2v) is 7.09. The third kappa shape index (κ3) is 11.6. The molecule has 0 radical (unpaired) electrons. The molecule has 1 amide bonds. The molecule has 2 N–H and O–H groups in total. The highest BCUT2D eigenvalue weighted by Crippen LogP contribution is 2.15. The van der Waals surface area contributed by atoms with Gasteiger partial charge in [0.25, 0.3) is 0 Å². The summed E-state index contributed by atoms with van der Waals surface area (Å²) in [4.78, 5) is 18.4. The van der Waals surface area contributed by atoms with Crippen molar-refractivity contribution in [2.75, 3.05) is 46.4 Å². The van der Waals surface area contributed by atoms with Crippen LogP contribution in [0.1, 0.15) is 46.5 Å². The first-order valence-electron chi connectivity index (χ1n) is 9.33. The van der Waals surface area contributed by atoms with Crippen molar-refractivity contribution >= 4 is 35.8 Å². The molecule has 25 heavy (non-hydrogen) atoms. The molecular weight excluding hydrogens is 431 g/mol. The van der Waals surface area contributed by atoms with Crippen molar-refractivity contribution in [3.8, 4) is 0 Å². The fourth-order valence-electron chi connectivity index (χ4n) is 2.78. The predicted octanol–water partition coefficient (Wildman–Crippen LogP) is 2.48. The van der Waals surface area contributed by atoms with Gasteiger partial charge >= 0.3 is 0 Å². The number of rotatable bonds is 9. The number of aliphatic imine (C=N–C) groups is 1. The zero-order valence-corrected chi connectivity index (χ0v) is 18.7. The molecular formula is C18H37IN4O2. The Hall–Kier alpha value is -0.570. The van der Waals surface area contributed by atoms with Crippen LogP contribution in [0.3, 0.4) is 0 Å². The number of hydrogen-bond donors (Lipinski definition) is 2. The van der Waals surface area contributed by atoms with Gasteiger partial charge in [0.05, 0.1) is 0 Å². The lowest BCUT2D eigenvalue weighted by atomic mass is 10.00. The van der Waals surface area contributed by atoms with Crippen LogP contribution in [0, 0.1) is 11.8 Å². The van der Waals surface area contributed by atoms with E-state index in [0.29, 0.717) is 24.8 Å². The monoisotopic (exact) mass is 468 g/mol. The second-order valence-electron chi connectivity index (χ2n) is 7.09. The summed E-state index contributed by atoms with van der Waals surface area (Å²) in [7, 11) is 1.75. The SMILES string of the molecule is CN=C(NCCCOCC(C)C)NCCC(=O)N1CCCC(C)C1.I. The lowest BCUT2D eigenvalue weighted by Crippen LogP contribution is -2.42. The van der Waals surface area contributed by atoms with Gasteiger partial charge in [0, 0.05) is 52.9 Å². The molecule has 1 fully saturated rings. The largest absolute Gasteiger partial charge is 0.381 e. The number of piperidine rings is 1. The highest BCUT2D eigenvalue weighted by molar-refractivity contribution is 14.0. The van der Waals surface area contributed by atoms with Crippen LogP contribution in [0.15, 0.2) is 4.99 Å².